The number of aliphatic hydroxyl groups excluding tert-OH is 1. The highest BCUT2D eigenvalue weighted by atomic mass is 16.5. The summed E-state index contributed by atoms with van der Waals surface area (Å²) in [4.78, 5) is 23.4. The van der Waals surface area contributed by atoms with Crippen LogP contribution in [0.4, 0.5) is 5.69 Å². The van der Waals surface area contributed by atoms with Crippen molar-refractivity contribution in [3.05, 3.63) is 29.3 Å². The minimum Gasteiger partial charge on any atom is -0.465 e. The quantitative estimate of drug-likeness (QED) is 0.571. The highest BCUT2D eigenvalue weighted by Gasteiger charge is 2.10. The average Bonchev–Trinajstić information content (AvgIpc) is 2.50. The number of rotatable bonds is 8. The number of carbonyl (C=O) groups excluding carboxylic acids is 2. The Kier molecular flexibility index (Phi) is 7.46. The molecule has 0 aliphatic carbocycles. The van der Waals surface area contributed by atoms with E-state index in [9.17, 15) is 14.7 Å². The van der Waals surface area contributed by atoms with E-state index in [4.69, 9.17) is 0 Å². The molecule has 1 rings (SSSR count). The van der Waals surface area contributed by atoms with E-state index in [1.807, 2.05) is 0 Å². The van der Waals surface area contributed by atoms with E-state index in [0.29, 0.717) is 23.2 Å². The van der Waals surface area contributed by atoms with Gasteiger partial charge in [-0.15, -0.1) is 0 Å². The second-order valence-electron chi connectivity index (χ2n) is 4.93. The number of methoxy groups -OCH3 is 1. The fraction of sp³-hybridized carbons (Fsp3) is 0.500. The first-order valence-electron chi connectivity index (χ1n) is 7.23. The number of carbonyl (C=O) groups is 2. The smallest absolute Gasteiger partial charge is 0.337 e. The number of amides is 1. The maximum Gasteiger partial charge on any atom is 0.337 e. The number of esters is 1. The van der Waals surface area contributed by atoms with Crippen LogP contribution in [0, 0.1) is 0 Å². The van der Waals surface area contributed by atoms with E-state index in [1.54, 1.807) is 18.2 Å². The van der Waals surface area contributed by atoms with Crippen LogP contribution in [0.15, 0.2) is 18.2 Å². The standard InChI is InChI=1S/C16H23NO4/c1-3-4-5-6-7-15(19)17-14-9-12(11-18)8-13(10-14)16(20)21-2/h8-10,18H,3-7,11H2,1-2H3,(H,17,19). The van der Waals surface area contributed by atoms with Crippen molar-refractivity contribution >= 4 is 17.6 Å². The van der Waals surface area contributed by atoms with E-state index < -0.39 is 5.97 Å². The van der Waals surface area contributed by atoms with Crippen LogP contribution in [-0.4, -0.2) is 24.1 Å². The van der Waals surface area contributed by atoms with Gasteiger partial charge < -0.3 is 15.2 Å². The van der Waals surface area contributed by atoms with Crippen molar-refractivity contribution in [2.75, 3.05) is 12.4 Å². The third-order valence-corrected chi connectivity index (χ3v) is 3.14. The third kappa shape index (κ3) is 5.95. The summed E-state index contributed by atoms with van der Waals surface area (Å²) in [6.07, 6.45) is 4.59. The molecule has 0 saturated heterocycles. The normalized spacial score (nSPS) is 10.2. The summed E-state index contributed by atoms with van der Waals surface area (Å²) in [5.74, 6) is -0.583. The van der Waals surface area contributed by atoms with Gasteiger partial charge in [-0.25, -0.2) is 4.79 Å². The van der Waals surface area contributed by atoms with Crippen molar-refractivity contribution in [3.8, 4) is 0 Å². The first-order valence-corrected chi connectivity index (χ1v) is 7.23. The van der Waals surface area contributed by atoms with Crippen LogP contribution >= 0.6 is 0 Å². The Morgan fingerprint density at radius 3 is 2.57 bits per heavy atom. The Morgan fingerprint density at radius 1 is 1.19 bits per heavy atom. The second kappa shape index (κ2) is 9.13. The summed E-state index contributed by atoms with van der Waals surface area (Å²) >= 11 is 0. The molecule has 0 radical (unpaired) electrons. The summed E-state index contributed by atoms with van der Waals surface area (Å²) in [7, 11) is 1.29. The molecule has 1 aromatic carbocycles. The lowest BCUT2D eigenvalue weighted by atomic mass is 10.1. The van der Waals surface area contributed by atoms with Gasteiger partial charge in [-0.05, 0) is 30.2 Å². The molecule has 1 aromatic rings. The predicted octanol–water partition coefficient (Wildman–Crippen LogP) is 2.87. The number of hydrogen-bond acceptors (Lipinski definition) is 4. The molecule has 5 heteroatoms. The maximum atomic E-state index is 11.8. The monoisotopic (exact) mass is 293 g/mol. The molecule has 0 spiro atoms. The lowest BCUT2D eigenvalue weighted by molar-refractivity contribution is -0.116. The summed E-state index contributed by atoms with van der Waals surface area (Å²) in [5.41, 5.74) is 1.37. The van der Waals surface area contributed by atoms with Crippen molar-refractivity contribution in [3.63, 3.8) is 0 Å². The van der Waals surface area contributed by atoms with Gasteiger partial charge in [-0.1, -0.05) is 26.2 Å². The van der Waals surface area contributed by atoms with Crippen LogP contribution in [0.3, 0.4) is 0 Å². The Hall–Kier alpha value is -1.88. The van der Waals surface area contributed by atoms with Crippen LogP contribution in [-0.2, 0) is 16.1 Å². The van der Waals surface area contributed by atoms with Crippen molar-refractivity contribution in [1.29, 1.82) is 0 Å². The molecule has 21 heavy (non-hydrogen) atoms. The second-order valence-corrected chi connectivity index (χ2v) is 4.93. The Labute approximate surface area is 125 Å². The molecule has 1 amide bonds. The van der Waals surface area contributed by atoms with Crippen LogP contribution in [0.25, 0.3) is 0 Å². The SMILES string of the molecule is CCCCCCC(=O)Nc1cc(CO)cc(C(=O)OC)c1. The molecule has 2 N–H and O–H groups in total. The molecule has 116 valence electrons. The van der Waals surface area contributed by atoms with E-state index in [0.717, 1.165) is 25.7 Å². The van der Waals surface area contributed by atoms with Gasteiger partial charge in [0, 0.05) is 12.1 Å². The van der Waals surface area contributed by atoms with Crippen molar-refractivity contribution in [2.24, 2.45) is 0 Å². The molecule has 0 aliphatic rings. The van der Waals surface area contributed by atoms with Crippen molar-refractivity contribution < 1.29 is 19.4 Å². The molecule has 0 bridgehead atoms. The number of ether oxygens (including phenoxy) is 1. The molecular formula is C16H23NO4. The molecule has 0 saturated carbocycles. The first-order chi connectivity index (χ1) is 10.1. The minimum absolute atomic E-state index is 0.0861. The third-order valence-electron chi connectivity index (χ3n) is 3.14. The molecule has 0 fully saturated rings. The zero-order valence-corrected chi connectivity index (χ0v) is 12.6. The van der Waals surface area contributed by atoms with E-state index in [2.05, 4.69) is 17.0 Å². The largest absolute Gasteiger partial charge is 0.465 e. The number of anilines is 1. The maximum absolute atomic E-state index is 11.8. The topological polar surface area (TPSA) is 75.6 Å². The van der Waals surface area contributed by atoms with Gasteiger partial charge in [0.2, 0.25) is 5.91 Å². The molecular weight excluding hydrogens is 270 g/mol. The van der Waals surface area contributed by atoms with Gasteiger partial charge in [0.1, 0.15) is 0 Å². The van der Waals surface area contributed by atoms with Crippen molar-refractivity contribution in [2.45, 2.75) is 45.6 Å². The first kappa shape index (κ1) is 17.2. The lowest BCUT2D eigenvalue weighted by Gasteiger charge is -2.09. The van der Waals surface area contributed by atoms with Crippen LogP contribution < -0.4 is 5.32 Å². The molecule has 0 atom stereocenters. The van der Waals surface area contributed by atoms with Crippen LogP contribution in [0.2, 0.25) is 0 Å². The zero-order chi connectivity index (χ0) is 15.7. The molecule has 0 unspecified atom stereocenters. The summed E-state index contributed by atoms with van der Waals surface area (Å²) in [6, 6.07) is 4.74. The van der Waals surface area contributed by atoms with E-state index in [-0.39, 0.29) is 12.5 Å². The van der Waals surface area contributed by atoms with E-state index in [1.165, 1.54) is 7.11 Å². The average molecular weight is 293 g/mol. The fourth-order valence-electron chi connectivity index (χ4n) is 2.03. The highest BCUT2D eigenvalue weighted by molar-refractivity contribution is 5.94. The number of hydrogen-bond donors (Lipinski definition) is 2. The summed E-state index contributed by atoms with van der Waals surface area (Å²) in [5, 5.41) is 12.0. The number of unbranched alkanes of at least 4 members (excludes halogenated alkanes) is 3. The number of aliphatic hydroxyl groups is 1. The number of benzene rings is 1. The van der Waals surface area contributed by atoms with Crippen LogP contribution in [0.1, 0.15) is 54.9 Å². The van der Waals surface area contributed by atoms with Gasteiger partial charge in [0.25, 0.3) is 0 Å². The predicted molar refractivity (Wildman–Crippen MR) is 81.1 cm³/mol. The molecule has 0 aliphatic heterocycles. The van der Waals surface area contributed by atoms with Gasteiger partial charge in [0.15, 0.2) is 0 Å². The highest BCUT2D eigenvalue weighted by Crippen LogP contribution is 2.17. The Bertz CT molecular complexity index is 485. The Balaban J connectivity index is 2.69. The zero-order valence-electron chi connectivity index (χ0n) is 12.6. The van der Waals surface area contributed by atoms with Crippen LogP contribution in [0.5, 0.6) is 0 Å². The minimum atomic E-state index is -0.497. The van der Waals surface area contributed by atoms with Gasteiger partial charge >= 0.3 is 5.97 Å². The molecule has 0 aromatic heterocycles. The summed E-state index contributed by atoms with van der Waals surface area (Å²) in [6.45, 7) is 1.92. The Morgan fingerprint density at radius 2 is 1.95 bits per heavy atom. The lowest BCUT2D eigenvalue weighted by Crippen LogP contribution is -2.12. The van der Waals surface area contributed by atoms with Crippen molar-refractivity contribution in [1.82, 2.24) is 0 Å². The molecule has 5 nitrogen and oxygen atoms in total. The summed E-state index contributed by atoms with van der Waals surface area (Å²) < 4.78 is 4.65. The fourth-order valence-corrected chi connectivity index (χ4v) is 2.03. The van der Waals surface area contributed by atoms with Gasteiger partial charge in [-0.3, -0.25) is 4.79 Å². The van der Waals surface area contributed by atoms with E-state index >= 15 is 0 Å². The van der Waals surface area contributed by atoms with Gasteiger partial charge in [0.05, 0.1) is 19.3 Å². The molecule has 0 heterocycles. The number of nitrogens with one attached hydrogen (secondary N) is 1. The van der Waals surface area contributed by atoms with Gasteiger partial charge in [-0.2, -0.15) is 0 Å².